The van der Waals surface area contributed by atoms with Gasteiger partial charge in [0.15, 0.2) is 0 Å². The maximum Gasteiger partial charge on any atom is 0.260 e. The first kappa shape index (κ1) is 19.1. The lowest BCUT2D eigenvalue weighted by Crippen LogP contribution is -2.15. The van der Waals surface area contributed by atoms with Crippen molar-refractivity contribution in [1.29, 1.82) is 5.26 Å². The fourth-order valence-corrected chi connectivity index (χ4v) is 2.89. The highest BCUT2D eigenvalue weighted by molar-refractivity contribution is 6.08. The number of hydrogen-bond acceptors (Lipinski definition) is 5. The number of rotatable bonds is 7. The fraction of sp³-hybridized carbons (Fsp3) is 0.238. The Balaban J connectivity index is 1.98. The SMILES string of the molecule is CCOc1ccc(OCC)c(NC(=O)c2c(C)oc(-n3cccc3)c2C#N)c1. The van der Waals surface area contributed by atoms with Gasteiger partial charge in [-0.1, -0.05) is 0 Å². The van der Waals surface area contributed by atoms with E-state index >= 15 is 0 Å². The Hall–Kier alpha value is -3.66. The Morgan fingerprint density at radius 1 is 1.21 bits per heavy atom. The van der Waals surface area contributed by atoms with E-state index in [-0.39, 0.29) is 11.1 Å². The molecule has 3 rings (SSSR count). The van der Waals surface area contributed by atoms with E-state index in [0.29, 0.717) is 42.0 Å². The maximum absolute atomic E-state index is 13.0. The molecule has 0 saturated carbocycles. The number of anilines is 1. The van der Waals surface area contributed by atoms with Crippen molar-refractivity contribution < 1.29 is 18.7 Å². The summed E-state index contributed by atoms with van der Waals surface area (Å²) in [5, 5.41) is 12.5. The second-order valence-corrected chi connectivity index (χ2v) is 5.89. The summed E-state index contributed by atoms with van der Waals surface area (Å²) in [7, 11) is 0. The molecule has 0 atom stereocenters. The molecule has 0 radical (unpaired) electrons. The molecule has 7 heteroatoms. The van der Waals surface area contributed by atoms with Crippen LogP contribution in [-0.4, -0.2) is 23.7 Å². The standard InChI is InChI=1S/C21H21N3O4/c1-4-26-15-8-9-18(27-5-2)17(12-15)23-20(25)19-14(3)28-21(16(19)13-22)24-10-6-7-11-24/h6-12H,4-5H2,1-3H3,(H,23,25). The molecule has 0 saturated heterocycles. The van der Waals surface area contributed by atoms with Gasteiger partial charge in [-0.05, 0) is 45.0 Å². The highest BCUT2D eigenvalue weighted by Crippen LogP contribution is 2.32. The largest absolute Gasteiger partial charge is 0.494 e. The Labute approximate surface area is 163 Å². The Bertz CT molecular complexity index is 1010. The molecule has 144 valence electrons. The lowest BCUT2D eigenvalue weighted by atomic mass is 10.1. The number of aryl methyl sites for hydroxylation is 1. The molecule has 1 aromatic carbocycles. The number of benzene rings is 1. The lowest BCUT2D eigenvalue weighted by Gasteiger charge is -2.13. The predicted octanol–water partition coefficient (Wildman–Crippen LogP) is 4.30. The number of nitrogens with one attached hydrogen (secondary N) is 1. The average Bonchev–Trinajstić information content (AvgIpc) is 3.31. The minimum atomic E-state index is -0.453. The van der Waals surface area contributed by atoms with Crippen molar-refractivity contribution in [3.8, 4) is 23.5 Å². The zero-order valence-corrected chi connectivity index (χ0v) is 16.0. The van der Waals surface area contributed by atoms with Crippen molar-refractivity contribution in [3.63, 3.8) is 0 Å². The van der Waals surface area contributed by atoms with Crippen LogP contribution in [-0.2, 0) is 0 Å². The summed E-state index contributed by atoms with van der Waals surface area (Å²) in [5.41, 5.74) is 0.824. The third kappa shape index (κ3) is 3.71. The van der Waals surface area contributed by atoms with E-state index in [1.165, 1.54) is 0 Å². The summed E-state index contributed by atoms with van der Waals surface area (Å²) in [6, 6.07) is 10.9. The van der Waals surface area contributed by atoms with Crippen LogP contribution in [0.5, 0.6) is 11.5 Å². The summed E-state index contributed by atoms with van der Waals surface area (Å²) in [6.45, 7) is 6.34. The molecule has 1 N–H and O–H groups in total. The van der Waals surface area contributed by atoms with Crippen LogP contribution in [0.15, 0.2) is 47.1 Å². The number of furan rings is 1. The van der Waals surface area contributed by atoms with Gasteiger partial charge in [-0.15, -0.1) is 0 Å². The van der Waals surface area contributed by atoms with Crippen molar-refractivity contribution in [3.05, 3.63) is 59.6 Å². The lowest BCUT2D eigenvalue weighted by molar-refractivity contribution is 0.102. The number of ether oxygens (including phenoxy) is 2. The molecular weight excluding hydrogens is 358 g/mol. The van der Waals surface area contributed by atoms with Crippen LogP contribution >= 0.6 is 0 Å². The number of carbonyl (C=O) groups excluding carboxylic acids is 1. The van der Waals surface area contributed by atoms with Gasteiger partial charge in [0.05, 0.1) is 18.9 Å². The van der Waals surface area contributed by atoms with Gasteiger partial charge < -0.3 is 19.2 Å². The third-order valence-electron chi connectivity index (χ3n) is 4.05. The first-order chi connectivity index (χ1) is 13.6. The number of nitriles is 1. The van der Waals surface area contributed by atoms with Crippen LogP contribution in [0.25, 0.3) is 5.88 Å². The summed E-state index contributed by atoms with van der Waals surface area (Å²) in [4.78, 5) is 13.0. The van der Waals surface area contributed by atoms with Crippen LogP contribution < -0.4 is 14.8 Å². The quantitative estimate of drug-likeness (QED) is 0.661. The monoisotopic (exact) mass is 379 g/mol. The molecule has 0 aliphatic heterocycles. The first-order valence-corrected chi connectivity index (χ1v) is 8.96. The molecule has 7 nitrogen and oxygen atoms in total. The van der Waals surface area contributed by atoms with Crippen molar-refractivity contribution in [2.45, 2.75) is 20.8 Å². The molecule has 3 aromatic rings. The van der Waals surface area contributed by atoms with Crippen LogP contribution in [0.2, 0.25) is 0 Å². The molecular formula is C21H21N3O4. The summed E-state index contributed by atoms with van der Waals surface area (Å²) >= 11 is 0. The molecule has 1 amide bonds. The smallest absolute Gasteiger partial charge is 0.260 e. The molecule has 2 aromatic heterocycles. The minimum Gasteiger partial charge on any atom is -0.494 e. The van der Waals surface area contributed by atoms with E-state index < -0.39 is 5.91 Å². The topological polar surface area (TPSA) is 89.4 Å². The highest BCUT2D eigenvalue weighted by atomic mass is 16.5. The minimum absolute atomic E-state index is 0.171. The van der Waals surface area contributed by atoms with E-state index in [4.69, 9.17) is 13.9 Å². The van der Waals surface area contributed by atoms with Crippen molar-refractivity contribution >= 4 is 11.6 Å². The molecule has 0 aliphatic carbocycles. The second kappa shape index (κ2) is 8.35. The van der Waals surface area contributed by atoms with Crippen molar-refractivity contribution in [1.82, 2.24) is 4.57 Å². The summed E-state index contributed by atoms with van der Waals surface area (Å²) < 4.78 is 18.5. The molecule has 2 heterocycles. The van der Waals surface area contributed by atoms with Gasteiger partial charge in [-0.25, -0.2) is 0 Å². The van der Waals surface area contributed by atoms with Gasteiger partial charge in [-0.3, -0.25) is 9.36 Å². The Morgan fingerprint density at radius 3 is 2.57 bits per heavy atom. The number of aromatic nitrogens is 1. The van der Waals surface area contributed by atoms with Crippen LogP contribution in [0, 0.1) is 18.3 Å². The van der Waals surface area contributed by atoms with Gasteiger partial charge in [0.25, 0.3) is 5.91 Å². The van der Waals surface area contributed by atoms with Gasteiger partial charge in [0.1, 0.15) is 34.5 Å². The number of carbonyl (C=O) groups is 1. The van der Waals surface area contributed by atoms with E-state index in [9.17, 15) is 10.1 Å². The van der Waals surface area contributed by atoms with Gasteiger partial charge in [0.2, 0.25) is 5.88 Å². The Morgan fingerprint density at radius 2 is 1.93 bits per heavy atom. The number of amides is 1. The Kier molecular flexibility index (Phi) is 5.70. The average molecular weight is 379 g/mol. The van der Waals surface area contributed by atoms with Gasteiger partial charge in [-0.2, -0.15) is 5.26 Å². The third-order valence-corrected chi connectivity index (χ3v) is 4.05. The van der Waals surface area contributed by atoms with Gasteiger partial charge in [0, 0.05) is 18.5 Å². The normalized spacial score (nSPS) is 10.4. The first-order valence-electron chi connectivity index (χ1n) is 8.96. The van der Waals surface area contributed by atoms with Crippen LogP contribution in [0.1, 0.15) is 35.5 Å². The van der Waals surface area contributed by atoms with E-state index in [2.05, 4.69) is 11.4 Å². The van der Waals surface area contributed by atoms with E-state index in [1.54, 1.807) is 42.1 Å². The molecule has 28 heavy (non-hydrogen) atoms. The molecule has 0 aliphatic rings. The number of hydrogen-bond donors (Lipinski definition) is 1. The van der Waals surface area contributed by atoms with E-state index in [1.807, 2.05) is 26.0 Å². The molecule has 0 unspecified atom stereocenters. The van der Waals surface area contributed by atoms with Crippen LogP contribution in [0.4, 0.5) is 5.69 Å². The number of nitrogens with zero attached hydrogens (tertiary/aromatic N) is 2. The van der Waals surface area contributed by atoms with Crippen LogP contribution in [0.3, 0.4) is 0 Å². The molecule has 0 spiro atoms. The van der Waals surface area contributed by atoms with Gasteiger partial charge >= 0.3 is 0 Å². The summed E-state index contributed by atoms with van der Waals surface area (Å²) in [6.07, 6.45) is 3.50. The molecule has 0 bridgehead atoms. The molecule has 0 fully saturated rings. The fourth-order valence-electron chi connectivity index (χ4n) is 2.89. The summed E-state index contributed by atoms with van der Waals surface area (Å²) in [5.74, 6) is 1.34. The zero-order valence-electron chi connectivity index (χ0n) is 16.0. The van der Waals surface area contributed by atoms with Crippen molar-refractivity contribution in [2.75, 3.05) is 18.5 Å². The zero-order chi connectivity index (χ0) is 20.1. The van der Waals surface area contributed by atoms with Crippen molar-refractivity contribution in [2.24, 2.45) is 0 Å². The predicted molar refractivity (Wildman–Crippen MR) is 104 cm³/mol. The van der Waals surface area contributed by atoms with E-state index in [0.717, 1.165) is 0 Å². The second-order valence-electron chi connectivity index (χ2n) is 5.89. The highest BCUT2D eigenvalue weighted by Gasteiger charge is 2.25. The maximum atomic E-state index is 13.0.